The van der Waals surface area contributed by atoms with Crippen molar-refractivity contribution in [3.05, 3.63) is 30.1 Å². The van der Waals surface area contributed by atoms with Gasteiger partial charge in [-0.15, -0.1) is 0 Å². The summed E-state index contributed by atoms with van der Waals surface area (Å²) in [6, 6.07) is 5.31. The molecule has 30 heavy (non-hydrogen) atoms. The molecular formula is C22H31N5O3. The van der Waals surface area contributed by atoms with Crippen molar-refractivity contribution in [3.8, 4) is 0 Å². The summed E-state index contributed by atoms with van der Waals surface area (Å²) < 4.78 is 0. The third kappa shape index (κ3) is 3.04. The zero-order chi connectivity index (χ0) is 21.5. The summed E-state index contributed by atoms with van der Waals surface area (Å²) in [7, 11) is 3.51. The van der Waals surface area contributed by atoms with E-state index in [9.17, 15) is 14.4 Å². The van der Waals surface area contributed by atoms with Gasteiger partial charge in [0.15, 0.2) is 0 Å². The number of pyridine rings is 1. The zero-order valence-electron chi connectivity index (χ0n) is 18.1. The molecule has 3 aliphatic heterocycles. The summed E-state index contributed by atoms with van der Waals surface area (Å²) >= 11 is 0. The first-order valence-electron chi connectivity index (χ1n) is 10.8. The highest BCUT2D eigenvalue weighted by Crippen LogP contribution is 2.58. The molecule has 0 aliphatic carbocycles. The van der Waals surface area contributed by atoms with Crippen LogP contribution < -0.4 is 0 Å². The van der Waals surface area contributed by atoms with Crippen LogP contribution in [0.4, 0.5) is 4.79 Å². The van der Waals surface area contributed by atoms with Crippen molar-refractivity contribution < 1.29 is 14.4 Å². The lowest BCUT2D eigenvalue weighted by Gasteiger charge is -2.46. The maximum absolute atomic E-state index is 13.5. The van der Waals surface area contributed by atoms with Crippen molar-refractivity contribution >= 4 is 17.8 Å². The predicted molar refractivity (Wildman–Crippen MR) is 112 cm³/mol. The molecule has 8 nitrogen and oxygen atoms in total. The van der Waals surface area contributed by atoms with Gasteiger partial charge in [-0.3, -0.25) is 14.6 Å². The molecule has 0 bridgehead atoms. The number of carbonyl (C=O) groups is 3. The number of fused-ring (bicyclic) bond motifs is 1. The second kappa shape index (κ2) is 7.56. The third-order valence-corrected chi connectivity index (χ3v) is 7.40. The van der Waals surface area contributed by atoms with Gasteiger partial charge < -0.3 is 19.6 Å². The van der Waals surface area contributed by atoms with Crippen LogP contribution in [-0.2, 0) is 4.79 Å². The van der Waals surface area contributed by atoms with Gasteiger partial charge in [-0.05, 0) is 38.3 Å². The first kappa shape index (κ1) is 20.6. The van der Waals surface area contributed by atoms with Crippen molar-refractivity contribution in [2.24, 2.45) is 10.8 Å². The van der Waals surface area contributed by atoms with Crippen molar-refractivity contribution in [2.75, 3.05) is 53.4 Å². The molecule has 0 radical (unpaired) electrons. The van der Waals surface area contributed by atoms with Gasteiger partial charge in [0, 0.05) is 65.0 Å². The second-order valence-corrected chi connectivity index (χ2v) is 9.04. The van der Waals surface area contributed by atoms with Gasteiger partial charge in [-0.25, -0.2) is 4.79 Å². The first-order chi connectivity index (χ1) is 14.3. The van der Waals surface area contributed by atoms with E-state index in [2.05, 4.69) is 4.98 Å². The first-order valence-corrected chi connectivity index (χ1v) is 10.8. The Morgan fingerprint density at radius 1 is 1.07 bits per heavy atom. The Kier molecular flexibility index (Phi) is 5.20. The molecule has 4 rings (SSSR count). The molecule has 0 aromatic carbocycles. The fourth-order valence-electron chi connectivity index (χ4n) is 5.69. The number of carbonyl (C=O) groups excluding carboxylic acids is 3. The van der Waals surface area contributed by atoms with E-state index in [1.165, 1.54) is 0 Å². The molecule has 2 spiro atoms. The van der Waals surface area contributed by atoms with E-state index in [1.54, 1.807) is 37.3 Å². The predicted octanol–water partition coefficient (Wildman–Crippen LogP) is 1.54. The van der Waals surface area contributed by atoms with Gasteiger partial charge >= 0.3 is 6.03 Å². The molecule has 3 saturated heterocycles. The van der Waals surface area contributed by atoms with Gasteiger partial charge in [0.2, 0.25) is 5.91 Å². The Labute approximate surface area is 177 Å². The maximum Gasteiger partial charge on any atom is 0.319 e. The number of nitrogens with zero attached hydrogens (tertiary/aromatic N) is 5. The highest BCUT2D eigenvalue weighted by atomic mass is 16.2. The lowest BCUT2D eigenvalue weighted by Crippen LogP contribution is -2.53. The van der Waals surface area contributed by atoms with Crippen LogP contribution in [0.25, 0.3) is 0 Å². The Hall–Kier alpha value is -2.64. The van der Waals surface area contributed by atoms with Crippen LogP contribution in [0, 0.1) is 10.8 Å². The van der Waals surface area contributed by atoms with Crippen LogP contribution in [0.5, 0.6) is 0 Å². The van der Waals surface area contributed by atoms with Gasteiger partial charge in [-0.2, -0.15) is 0 Å². The highest BCUT2D eigenvalue weighted by Gasteiger charge is 2.66. The molecule has 1 aromatic heterocycles. The molecule has 3 aliphatic rings. The highest BCUT2D eigenvalue weighted by molar-refractivity contribution is 5.92. The standard InChI is InChI=1S/C22H31N5O3/c1-4-25-14-10-22(19(25)29)16-27(20(30)24(2)3)15-21(22)8-12-26(13-9-21)18(28)17-7-5-6-11-23-17/h5-7,11H,4,8-10,12-16H2,1-3H3/t22-/m0/s1. The summed E-state index contributed by atoms with van der Waals surface area (Å²) in [4.78, 5) is 50.5. The Morgan fingerprint density at radius 2 is 1.80 bits per heavy atom. The molecule has 0 N–H and O–H groups in total. The molecular weight excluding hydrogens is 382 g/mol. The summed E-state index contributed by atoms with van der Waals surface area (Å²) in [6.07, 6.45) is 3.87. The van der Waals surface area contributed by atoms with Crippen LogP contribution in [-0.4, -0.2) is 95.8 Å². The lowest BCUT2D eigenvalue weighted by molar-refractivity contribution is -0.141. The minimum atomic E-state index is -0.533. The average Bonchev–Trinajstić information content (AvgIpc) is 3.26. The molecule has 162 valence electrons. The molecule has 4 amide bonds. The Morgan fingerprint density at radius 3 is 2.37 bits per heavy atom. The molecule has 3 fully saturated rings. The van der Waals surface area contributed by atoms with E-state index in [-0.39, 0.29) is 23.3 Å². The summed E-state index contributed by atoms with van der Waals surface area (Å²) in [5.41, 5.74) is -0.358. The van der Waals surface area contributed by atoms with Crippen molar-refractivity contribution in [3.63, 3.8) is 0 Å². The van der Waals surface area contributed by atoms with Crippen molar-refractivity contribution in [1.82, 2.24) is 24.6 Å². The number of aromatic nitrogens is 1. The van der Waals surface area contributed by atoms with E-state index in [0.29, 0.717) is 38.4 Å². The van der Waals surface area contributed by atoms with E-state index in [4.69, 9.17) is 0 Å². The normalized spacial score (nSPS) is 25.4. The topological polar surface area (TPSA) is 77.1 Å². The summed E-state index contributed by atoms with van der Waals surface area (Å²) in [5, 5.41) is 0. The quantitative estimate of drug-likeness (QED) is 0.737. The van der Waals surface area contributed by atoms with Crippen molar-refractivity contribution in [1.29, 1.82) is 0 Å². The largest absolute Gasteiger partial charge is 0.342 e. The number of likely N-dealkylation sites (tertiary alicyclic amines) is 3. The summed E-state index contributed by atoms with van der Waals surface area (Å²) in [5.74, 6) is 0.121. The van der Waals surface area contributed by atoms with Crippen LogP contribution in [0.15, 0.2) is 24.4 Å². The van der Waals surface area contributed by atoms with Crippen LogP contribution in [0.3, 0.4) is 0 Å². The number of piperidine rings is 1. The van der Waals surface area contributed by atoms with Crippen LogP contribution >= 0.6 is 0 Å². The van der Waals surface area contributed by atoms with Crippen LogP contribution in [0.1, 0.15) is 36.7 Å². The molecule has 0 saturated carbocycles. The van der Waals surface area contributed by atoms with E-state index in [1.807, 2.05) is 27.7 Å². The van der Waals surface area contributed by atoms with E-state index in [0.717, 1.165) is 25.8 Å². The molecule has 4 heterocycles. The number of urea groups is 1. The number of rotatable bonds is 2. The fraction of sp³-hybridized carbons (Fsp3) is 0.636. The zero-order valence-corrected chi connectivity index (χ0v) is 18.1. The SMILES string of the molecule is CCN1CC[C@]2(CN(C(=O)N(C)C)CC23CCN(C(=O)c2ccccn2)CC3)C1=O. The average molecular weight is 414 g/mol. The minimum Gasteiger partial charge on any atom is -0.342 e. The van der Waals surface area contributed by atoms with Gasteiger partial charge in [0.25, 0.3) is 5.91 Å². The smallest absolute Gasteiger partial charge is 0.319 e. The van der Waals surface area contributed by atoms with Gasteiger partial charge in [0.05, 0.1) is 5.41 Å². The summed E-state index contributed by atoms with van der Waals surface area (Å²) in [6.45, 7) is 5.68. The van der Waals surface area contributed by atoms with Crippen LogP contribution in [0.2, 0.25) is 0 Å². The second-order valence-electron chi connectivity index (χ2n) is 9.04. The molecule has 8 heteroatoms. The molecule has 1 aromatic rings. The molecule has 0 unspecified atom stereocenters. The Balaban J connectivity index is 1.58. The third-order valence-electron chi connectivity index (χ3n) is 7.40. The van der Waals surface area contributed by atoms with Gasteiger partial charge in [0.1, 0.15) is 5.69 Å². The Bertz CT molecular complexity index is 834. The minimum absolute atomic E-state index is 0.0407. The van der Waals surface area contributed by atoms with Gasteiger partial charge in [-0.1, -0.05) is 6.07 Å². The van der Waals surface area contributed by atoms with E-state index >= 15 is 0 Å². The monoisotopic (exact) mass is 413 g/mol. The fourth-order valence-corrected chi connectivity index (χ4v) is 5.69. The number of hydrogen-bond acceptors (Lipinski definition) is 4. The lowest BCUT2D eigenvalue weighted by atomic mass is 9.60. The van der Waals surface area contributed by atoms with E-state index < -0.39 is 5.41 Å². The maximum atomic E-state index is 13.5. The molecule has 1 atom stereocenters. The number of amides is 4. The van der Waals surface area contributed by atoms with Crippen molar-refractivity contribution in [2.45, 2.75) is 26.2 Å². The number of hydrogen-bond donors (Lipinski definition) is 0.